The minimum absolute atomic E-state index is 0.00787. The Balaban J connectivity index is 1.74. The van der Waals surface area contributed by atoms with Gasteiger partial charge in [0.15, 0.2) is 0 Å². The summed E-state index contributed by atoms with van der Waals surface area (Å²) < 4.78 is 7.11. The molecule has 0 bridgehead atoms. The molecule has 0 unspecified atom stereocenters. The van der Waals surface area contributed by atoms with Crippen LogP contribution in [0, 0.1) is 11.3 Å². The molecule has 0 aromatic carbocycles. The first-order valence-corrected chi connectivity index (χ1v) is 7.51. The summed E-state index contributed by atoms with van der Waals surface area (Å²) in [4.78, 5) is 14.6. The molecule has 1 saturated carbocycles. The van der Waals surface area contributed by atoms with Crippen molar-refractivity contribution in [1.29, 1.82) is 0 Å². The minimum atomic E-state index is -0.244. The Morgan fingerprint density at radius 3 is 3.20 bits per heavy atom. The Bertz CT molecular complexity index is 499. The molecule has 0 amide bonds. The first-order chi connectivity index (χ1) is 9.69. The first-order valence-electron chi connectivity index (χ1n) is 7.51. The molecule has 2 heterocycles. The number of aryl methyl sites for hydroxylation is 1. The molecule has 20 heavy (non-hydrogen) atoms. The van der Waals surface area contributed by atoms with Crippen LogP contribution >= 0.6 is 0 Å². The van der Waals surface area contributed by atoms with E-state index >= 15 is 0 Å². The van der Waals surface area contributed by atoms with Crippen LogP contribution in [0.15, 0.2) is 12.3 Å². The second kappa shape index (κ2) is 5.20. The lowest BCUT2D eigenvalue weighted by Gasteiger charge is -2.25. The molecule has 1 aliphatic heterocycles. The maximum absolute atomic E-state index is 12.2. The fourth-order valence-corrected chi connectivity index (χ4v) is 4.06. The van der Waals surface area contributed by atoms with Gasteiger partial charge < -0.3 is 4.74 Å². The summed E-state index contributed by atoms with van der Waals surface area (Å²) in [5.41, 5.74) is 0.985. The molecule has 1 aromatic heterocycles. The van der Waals surface area contributed by atoms with Crippen molar-refractivity contribution in [1.82, 2.24) is 14.7 Å². The minimum Gasteiger partial charge on any atom is -0.469 e. The van der Waals surface area contributed by atoms with E-state index < -0.39 is 0 Å². The van der Waals surface area contributed by atoms with E-state index in [1.54, 1.807) is 0 Å². The van der Waals surface area contributed by atoms with E-state index in [-0.39, 0.29) is 11.4 Å². The Hall–Kier alpha value is -1.36. The van der Waals surface area contributed by atoms with Crippen molar-refractivity contribution >= 4 is 5.97 Å². The van der Waals surface area contributed by atoms with E-state index in [0.717, 1.165) is 45.4 Å². The zero-order valence-corrected chi connectivity index (χ0v) is 12.3. The fourth-order valence-electron chi connectivity index (χ4n) is 4.06. The van der Waals surface area contributed by atoms with Gasteiger partial charge in [-0.3, -0.25) is 14.4 Å². The number of esters is 1. The van der Waals surface area contributed by atoms with Gasteiger partial charge in [-0.15, -0.1) is 0 Å². The van der Waals surface area contributed by atoms with E-state index in [1.165, 1.54) is 12.8 Å². The van der Waals surface area contributed by atoms with Crippen molar-refractivity contribution in [2.24, 2.45) is 11.3 Å². The highest BCUT2D eigenvalue weighted by Gasteiger charge is 2.55. The van der Waals surface area contributed by atoms with Crippen LogP contribution in [0.4, 0.5) is 0 Å². The van der Waals surface area contributed by atoms with Crippen LogP contribution in [0.2, 0.25) is 0 Å². The second-order valence-electron chi connectivity index (χ2n) is 6.04. The van der Waals surface area contributed by atoms with Gasteiger partial charge in [-0.2, -0.15) is 5.10 Å². The molecule has 110 valence electrons. The van der Waals surface area contributed by atoms with Gasteiger partial charge in [0.2, 0.25) is 0 Å². The smallest absolute Gasteiger partial charge is 0.313 e. The molecule has 5 heteroatoms. The van der Waals surface area contributed by atoms with Crippen molar-refractivity contribution in [2.45, 2.75) is 39.3 Å². The Kier molecular flexibility index (Phi) is 3.54. The van der Waals surface area contributed by atoms with Gasteiger partial charge >= 0.3 is 5.97 Å². The van der Waals surface area contributed by atoms with Crippen LogP contribution in [0.1, 0.15) is 31.9 Å². The summed E-state index contributed by atoms with van der Waals surface area (Å²) in [6.45, 7) is 5.71. The monoisotopic (exact) mass is 277 g/mol. The molecule has 1 aromatic rings. The van der Waals surface area contributed by atoms with Crippen LogP contribution in [-0.2, 0) is 22.6 Å². The van der Waals surface area contributed by atoms with Crippen molar-refractivity contribution in [3.63, 3.8) is 0 Å². The van der Waals surface area contributed by atoms with Crippen LogP contribution in [0.25, 0.3) is 0 Å². The molecule has 2 aliphatic rings. The molecule has 2 fully saturated rings. The van der Waals surface area contributed by atoms with Gasteiger partial charge in [0.25, 0.3) is 0 Å². The highest BCUT2D eigenvalue weighted by atomic mass is 16.5. The molecule has 1 aliphatic carbocycles. The third-order valence-corrected chi connectivity index (χ3v) is 5.02. The number of aromatic nitrogens is 2. The number of likely N-dealkylation sites (tertiary alicyclic amines) is 1. The van der Waals surface area contributed by atoms with Crippen LogP contribution in [0.3, 0.4) is 0 Å². The fraction of sp³-hybridized carbons (Fsp3) is 0.733. The SMILES string of the molecule is CCn1nccc1CN1C[C@@H]2CCC[C@@]2(C(=O)OC)C1. The first kappa shape index (κ1) is 13.6. The standard InChI is InChI=1S/C15H23N3O2/c1-3-18-13(6-8-16-18)10-17-9-12-5-4-7-15(12,11-17)14(19)20-2/h6,8,12H,3-5,7,9-11H2,1-2H3/t12-,15+/m0/s1. The molecule has 0 radical (unpaired) electrons. The number of ether oxygens (including phenoxy) is 1. The summed E-state index contributed by atoms with van der Waals surface area (Å²) >= 11 is 0. The molecule has 5 nitrogen and oxygen atoms in total. The van der Waals surface area contributed by atoms with Crippen LogP contribution in [0.5, 0.6) is 0 Å². The van der Waals surface area contributed by atoms with Crippen molar-refractivity contribution < 1.29 is 9.53 Å². The molecule has 2 atom stereocenters. The number of carbonyl (C=O) groups is 1. The number of nitrogens with zero attached hydrogens (tertiary/aromatic N) is 3. The van der Waals surface area contributed by atoms with E-state index in [4.69, 9.17) is 4.74 Å². The van der Waals surface area contributed by atoms with Gasteiger partial charge in [0.1, 0.15) is 0 Å². The largest absolute Gasteiger partial charge is 0.469 e. The molecule has 0 N–H and O–H groups in total. The van der Waals surface area contributed by atoms with Crippen molar-refractivity contribution in [3.05, 3.63) is 18.0 Å². The Morgan fingerprint density at radius 2 is 2.45 bits per heavy atom. The third kappa shape index (κ3) is 2.04. The van der Waals surface area contributed by atoms with Crippen molar-refractivity contribution in [2.75, 3.05) is 20.2 Å². The van der Waals surface area contributed by atoms with Gasteiger partial charge in [-0.1, -0.05) is 6.42 Å². The second-order valence-corrected chi connectivity index (χ2v) is 6.04. The average Bonchev–Trinajstić information content (AvgIpc) is 3.11. The summed E-state index contributed by atoms with van der Waals surface area (Å²) in [6.07, 6.45) is 5.14. The normalized spacial score (nSPS) is 29.6. The summed E-state index contributed by atoms with van der Waals surface area (Å²) in [7, 11) is 1.52. The van der Waals surface area contributed by atoms with Gasteiger partial charge in [-0.05, 0) is 31.7 Å². The third-order valence-electron chi connectivity index (χ3n) is 5.02. The zero-order chi connectivity index (χ0) is 14.2. The summed E-state index contributed by atoms with van der Waals surface area (Å²) in [5, 5.41) is 4.32. The topological polar surface area (TPSA) is 47.4 Å². The number of methoxy groups -OCH3 is 1. The van der Waals surface area contributed by atoms with Gasteiger partial charge in [0.05, 0.1) is 18.2 Å². The summed E-state index contributed by atoms with van der Waals surface area (Å²) in [6, 6.07) is 2.07. The van der Waals surface area contributed by atoms with Crippen LogP contribution < -0.4 is 0 Å². The molecule has 3 rings (SSSR count). The number of hydrogen-bond donors (Lipinski definition) is 0. The lowest BCUT2D eigenvalue weighted by atomic mass is 9.81. The zero-order valence-electron chi connectivity index (χ0n) is 12.3. The average molecular weight is 277 g/mol. The maximum Gasteiger partial charge on any atom is 0.313 e. The Morgan fingerprint density at radius 1 is 1.60 bits per heavy atom. The van der Waals surface area contributed by atoms with Crippen LogP contribution in [-0.4, -0.2) is 40.8 Å². The number of carbonyl (C=O) groups excluding carboxylic acids is 1. The van der Waals surface area contributed by atoms with Gasteiger partial charge in [-0.25, -0.2) is 0 Å². The Labute approximate surface area is 119 Å². The highest BCUT2D eigenvalue weighted by molar-refractivity contribution is 5.78. The number of fused-ring (bicyclic) bond motifs is 1. The predicted octanol–water partition coefficient (Wildman–Crippen LogP) is 1.68. The quantitative estimate of drug-likeness (QED) is 0.786. The summed E-state index contributed by atoms with van der Waals surface area (Å²) in [5.74, 6) is 0.458. The van der Waals surface area contributed by atoms with E-state index in [0.29, 0.717) is 5.92 Å². The maximum atomic E-state index is 12.2. The number of rotatable bonds is 4. The van der Waals surface area contributed by atoms with E-state index in [1.807, 2.05) is 10.9 Å². The lowest BCUT2D eigenvalue weighted by molar-refractivity contribution is -0.153. The molecule has 0 spiro atoms. The highest BCUT2D eigenvalue weighted by Crippen LogP contribution is 2.49. The number of hydrogen-bond acceptors (Lipinski definition) is 4. The van der Waals surface area contributed by atoms with Gasteiger partial charge in [0, 0.05) is 32.4 Å². The predicted molar refractivity (Wildman–Crippen MR) is 75.0 cm³/mol. The van der Waals surface area contributed by atoms with E-state index in [2.05, 4.69) is 23.0 Å². The van der Waals surface area contributed by atoms with Crippen molar-refractivity contribution in [3.8, 4) is 0 Å². The molecule has 1 saturated heterocycles. The van der Waals surface area contributed by atoms with E-state index in [9.17, 15) is 4.79 Å². The molecular weight excluding hydrogens is 254 g/mol. The molecular formula is C15H23N3O2. The lowest BCUT2D eigenvalue weighted by Crippen LogP contribution is -2.36.